The van der Waals surface area contributed by atoms with Gasteiger partial charge in [-0.2, -0.15) is 10.4 Å². The number of nitriles is 1. The van der Waals surface area contributed by atoms with Crippen LogP contribution in [-0.2, 0) is 20.1 Å². The molecule has 37 heavy (non-hydrogen) atoms. The number of fused-ring (bicyclic) bond motifs is 1. The standard InChI is InChI=1S/C24H18ClFN8O3/c1-13-29-19-6-16(25)18(7-20(19)37-13)30-22-8-23(35)34(11-21-28-12-32(2)31-21)24(36)33(22)10-14-3-4-17(26)15(5-14)9-27/h3-8,12,30H,10-11H2,1-2H3. The summed E-state index contributed by atoms with van der Waals surface area (Å²) in [6.07, 6.45) is 1.46. The molecule has 2 aromatic carbocycles. The Labute approximate surface area is 213 Å². The first-order valence-electron chi connectivity index (χ1n) is 10.9. The van der Waals surface area contributed by atoms with Crippen LogP contribution in [-0.4, -0.2) is 28.9 Å². The highest BCUT2D eigenvalue weighted by Gasteiger charge is 2.17. The van der Waals surface area contributed by atoms with Gasteiger partial charge >= 0.3 is 5.69 Å². The zero-order valence-electron chi connectivity index (χ0n) is 19.6. The van der Waals surface area contributed by atoms with E-state index in [1.165, 1.54) is 33.8 Å². The summed E-state index contributed by atoms with van der Waals surface area (Å²) in [6.45, 7) is 1.47. The Morgan fingerprint density at radius 3 is 2.70 bits per heavy atom. The highest BCUT2D eigenvalue weighted by molar-refractivity contribution is 6.34. The molecule has 0 atom stereocenters. The van der Waals surface area contributed by atoms with E-state index in [0.717, 1.165) is 10.6 Å². The summed E-state index contributed by atoms with van der Waals surface area (Å²) in [6, 6.07) is 10.2. The average Bonchev–Trinajstić information content (AvgIpc) is 3.43. The van der Waals surface area contributed by atoms with E-state index in [9.17, 15) is 19.2 Å². The van der Waals surface area contributed by atoms with E-state index in [1.54, 1.807) is 32.2 Å². The van der Waals surface area contributed by atoms with Gasteiger partial charge in [0.1, 0.15) is 29.5 Å². The molecule has 3 aromatic heterocycles. The molecule has 0 unspecified atom stereocenters. The smallest absolute Gasteiger partial charge is 0.333 e. The number of anilines is 2. The third-order valence-corrected chi connectivity index (χ3v) is 5.88. The molecule has 0 aliphatic rings. The van der Waals surface area contributed by atoms with Gasteiger partial charge in [-0.05, 0) is 23.8 Å². The van der Waals surface area contributed by atoms with E-state index in [2.05, 4.69) is 20.4 Å². The minimum Gasteiger partial charge on any atom is -0.441 e. The summed E-state index contributed by atoms with van der Waals surface area (Å²) in [4.78, 5) is 34.9. The normalized spacial score (nSPS) is 11.1. The highest BCUT2D eigenvalue weighted by atomic mass is 35.5. The molecule has 0 amide bonds. The third kappa shape index (κ3) is 4.72. The van der Waals surface area contributed by atoms with Gasteiger partial charge < -0.3 is 9.73 Å². The second kappa shape index (κ2) is 9.36. The van der Waals surface area contributed by atoms with E-state index < -0.39 is 17.1 Å². The molecule has 1 N–H and O–H groups in total. The number of halogens is 2. The minimum absolute atomic E-state index is 0.0761. The van der Waals surface area contributed by atoms with Gasteiger partial charge in [-0.1, -0.05) is 17.7 Å². The van der Waals surface area contributed by atoms with Crippen LogP contribution in [0.2, 0.25) is 5.02 Å². The van der Waals surface area contributed by atoms with Gasteiger partial charge in [0.25, 0.3) is 5.56 Å². The molecule has 0 fully saturated rings. The topological polar surface area (TPSA) is 137 Å². The maximum absolute atomic E-state index is 13.9. The Bertz CT molecular complexity index is 1830. The molecule has 0 saturated heterocycles. The summed E-state index contributed by atoms with van der Waals surface area (Å²) in [5.74, 6) is 0.179. The van der Waals surface area contributed by atoms with Crippen molar-refractivity contribution in [2.24, 2.45) is 7.05 Å². The number of hydrogen-bond acceptors (Lipinski definition) is 8. The van der Waals surface area contributed by atoms with Crippen molar-refractivity contribution in [3.63, 3.8) is 0 Å². The van der Waals surface area contributed by atoms with Crippen LogP contribution in [0.1, 0.15) is 22.8 Å². The monoisotopic (exact) mass is 520 g/mol. The second-order valence-electron chi connectivity index (χ2n) is 8.24. The van der Waals surface area contributed by atoms with Crippen LogP contribution in [0, 0.1) is 24.1 Å². The molecule has 5 aromatic rings. The van der Waals surface area contributed by atoms with Crippen LogP contribution in [0.25, 0.3) is 11.1 Å². The summed E-state index contributed by atoms with van der Waals surface area (Å²) < 4.78 is 23.2. The van der Waals surface area contributed by atoms with Crippen molar-refractivity contribution in [3.05, 3.63) is 97.2 Å². The quantitative estimate of drug-likeness (QED) is 0.360. The number of nitrogens with zero attached hydrogens (tertiary/aromatic N) is 7. The van der Waals surface area contributed by atoms with Crippen LogP contribution in [0.4, 0.5) is 15.9 Å². The van der Waals surface area contributed by atoms with Crippen LogP contribution < -0.4 is 16.6 Å². The van der Waals surface area contributed by atoms with E-state index in [-0.39, 0.29) is 35.3 Å². The summed E-state index contributed by atoms with van der Waals surface area (Å²) >= 11 is 6.44. The summed E-state index contributed by atoms with van der Waals surface area (Å²) in [7, 11) is 1.67. The minimum atomic E-state index is -0.675. The molecule has 186 valence electrons. The van der Waals surface area contributed by atoms with Crippen LogP contribution >= 0.6 is 11.6 Å². The van der Waals surface area contributed by atoms with Gasteiger partial charge in [0.05, 0.1) is 29.4 Å². The molecule has 5 rings (SSSR count). The predicted octanol–water partition coefficient (Wildman–Crippen LogP) is 3.09. The number of rotatable bonds is 6. The van der Waals surface area contributed by atoms with E-state index in [0.29, 0.717) is 28.2 Å². The van der Waals surface area contributed by atoms with E-state index in [4.69, 9.17) is 16.0 Å². The van der Waals surface area contributed by atoms with Gasteiger partial charge in [-0.25, -0.2) is 19.2 Å². The second-order valence-corrected chi connectivity index (χ2v) is 8.65. The fourth-order valence-corrected chi connectivity index (χ4v) is 4.06. The first-order valence-corrected chi connectivity index (χ1v) is 11.3. The van der Waals surface area contributed by atoms with Gasteiger partial charge in [0.2, 0.25) is 0 Å². The fraction of sp³-hybridized carbons (Fsp3) is 0.167. The van der Waals surface area contributed by atoms with Crippen molar-refractivity contribution >= 4 is 34.2 Å². The average molecular weight is 521 g/mol. The SMILES string of the molecule is Cc1nc2cc(Cl)c(Nc3cc(=O)n(Cc4ncn(C)n4)c(=O)n3Cc3ccc(F)c(C#N)c3)cc2o1. The lowest BCUT2D eigenvalue weighted by Gasteiger charge is -2.17. The Morgan fingerprint density at radius 2 is 1.97 bits per heavy atom. The Balaban J connectivity index is 1.63. The van der Waals surface area contributed by atoms with Crippen molar-refractivity contribution in [1.82, 2.24) is 28.9 Å². The maximum atomic E-state index is 13.9. The predicted molar refractivity (Wildman–Crippen MR) is 132 cm³/mol. The Hall–Kier alpha value is -4.76. The molecule has 11 nitrogen and oxygen atoms in total. The summed E-state index contributed by atoms with van der Waals surface area (Å²) in [5, 5.41) is 16.7. The van der Waals surface area contributed by atoms with Gasteiger partial charge in [0.15, 0.2) is 17.3 Å². The number of aromatic nitrogens is 6. The van der Waals surface area contributed by atoms with E-state index in [1.807, 2.05) is 0 Å². The van der Waals surface area contributed by atoms with Crippen molar-refractivity contribution in [3.8, 4) is 6.07 Å². The number of benzene rings is 2. The first-order chi connectivity index (χ1) is 17.7. The number of aryl methyl sites for hydroxylation is 2. The van der Waals surface area contributed by atoms with Gasteiger partial charge in [-0.3, -0.25) is 18.6 Å². The zero-order chi connectivity index (χ0) is 26.3. The lowest BCUT2D eigenvalue weighted by atomic mass is 10.1. The van der Waals surface area contributed by atoms with Crippen molar-refractivity contribution in [2.45, 2.75) is 20.0 Å². The molecule has 0 aliphatic carbocycles. The Morgan fingerprint density at radius 1 is 1.16 bits per heavy atom. The molecule has 0 saturated carbocycles. The van der Waals surface area contributed by atoms with Crippen LogP contribution in [0.15, 0.2) is 56.7 Å². The van der Waals surface area contributed by atoms with E-state index >= 15 is 0 Å². The molecular formula is C24H18ClFN8O3. The molecular weight excluding hydrogens is 503 g/mol. The maximum Gasteiger partial charge on any atom is 0.333 e. The van der Waals surface area contributed by atoms with Crippen molar-refractivity contribution < 1.29 is 8.81 Å². The number of oxazole rings is 1. The molecule has 13 heteroatoms. The zero-order valence-corrected chi connectivity index (χ0v) is 20.3. The first kappa shape index (κ1) is 24.0. The molecule has 0 aliphatic heterocycles. The van der Waals surface area contributed by atoms with Crippen LogP contribution in [0.3, 0.4) is 0 Å². The third-order valence-electron chi connectivity index (χ3n) is 5.56. The number of nitrogens with one attached hydrogen (secondary N) is 1. The van der Waals surface area contributed by atoms with Crippen molar-refractivity contribution in [1.29, 1.82) is 5.26 Å². The van der Waals surface area contributed by atoms with Crippen molar-refractivity contribution in [2.75, 3.05) is 5.32 Å². The van der Waals surface area contributed by atoms with Crippen LogP contribution in [0.5, 0.6) is 0 Å². The lowest BCUT2D eigenvalue weighted by molar-refractivity contribution is 0.561. The Kier molecular flexibility index (Phi) is 6.06. The molecule has 3 heterocycles. The fourth-order valence-electron chi connectivity index (χ4n) is 3.85. The number of hydrogen-bond donors (Lipinski definition) is 1. The highest BCUT2D eigenvalue weighted by Crippen LogP contribution is 2.30. The largest absolute Gasteiger partial charge is 0.441 e. The summed E-state index contributed by atoms with van der Waals surface area (Å²) in [5.41, 5.74) is 0.429. The van der Waals surface area contributed by atoms with Gasteiger partial charge in [-0.15, -0.1) is 0 Å². The molecule has 0 spiro atoms. The van der Waals surface area contributed by atoms with Gasteiger partial charge in [0, 0.05) is 26.1 Å². The molecule has 0 bridgehead atoms. The molecule has 0 radical (unpaired) electrons. The lowest BCUT2D eigenvalue weighted by Crippen LogP contribution is -2.41.